The number of ketones is 1. The number of hydrogen-bond donors (Lipinski definition) is 2. The highest BCUT2D eigenvalue weighted by Gasteiger charge is 2.32. The Hall–Kier alpha value is -4.02. The smallest absolute Gasteiger partial charge is 0.407 e. The lowest BCUT2D eigenvalue weighted by atomic mass is 10.0. The van der Waals surface area contributed by atoms with Crippen molar-refractivity contribution in [3.05, 3.63) is 58.5 Å². The van der Waals surface area contributed by atoms with Crippen molar-refractivity contribution in [2.75, 3.05) is 53.9 Å². The summed E-state index contributed by atoms with van der Waals surface area (Å²) in [6.45, 7) is 7.88. The molecule has 2 aliphatic heterocycles. The van der Waals surface area contributed by atoms with Gasteiger partial charge in [0.25, 0.3) is 0 Å². The molecular formula is C29H34N4O6. The second-order valence-corrected chi connectivity index (χ2v) is 10.2. The molecule has 0 aliphatic carbocycles. The lowest BCUT2D eigenvalue weighted by molar-refractivity contribution is 0.101. The Morgan fingerprint density at radius 1 is 1.15 bits per heavy atom. The largest absolute Gasteiger partial charge is 0.508 e. The fourth-order valence-electron chi connectivity index (χ4n) is 5.35. The van der Waals surface area contributed by atoms with Crippen LogP contribution in [-0.4, -0.2) is 95.3 Å². The van der Waals surface area contributed by atoms with Crippen LogP contribution in [-0.2, 0) is 13.1 Å². The number of aromatic hydroxyl groups is 1. The van der Waals surface area contributed by atoms with Crippen LogP contribution >= 0.6 is 0 Å². The molecule has 10 heteroatoms. The normalized spacial score (nSPS) is 17.0. The predicted octanol–water partition coefficient (Wildman–Crippen LogP) is 3.64. The third kappa shape index (κ3) is 5.17. The van der Waals surface area contributed by atoms with Crippen LogP contribution in [0.25, 0.3) is 17.0 Å². The number of fused-ring (bicyclic) bond motifs is 2. The SMILES string of the molecule is COc1ccc2c(c1)c(C=C1Oc3cc(O)cc(CN(C)C(=O)O)c3C1=O)c(C)n2CCN1CCN(C)CC1. The van der Waals surface area contributed by atoms with Crippen molar-refractivity contribution in [1.82, 2.24) is 19.3 Å². The van der Waals surface area contributed by atoms with Crippen molar-refractivity contribution in [2.45, 2.75) is 20.0 Å². The van der Waals surface area contributed by atoms with E-state index in [0.29, 0.717) is 11.3 Å². The van der Waals surface area contributed by atoms with Gasteiger partial charge in [-0.05, 0) is 49.9 Å². The van der Waals surface area contributed by atoms with Crippen molar-refractivity contribution < 1.29 is 29.3 Å². The topological polar surface area (TPSA) is 108 Å². The highest BCUT2D eigenvalue weighted by Crippen LogP contribution is 2.39. The van der Waals surface area contributed by atoms with Gasteiger partial charge < -0.3 is 34.1 Å². The molecule has 0 saturated carbocycles. The summed E-state index contributed by atoms with van der Waals surface area (Å²) < 4.78 is 13.7. The van der Waals surface area contributed by atoms with E-state index in [1.165, 1.54) is 19.2 Å². The zero-order chi connectivity index (χ0) is 27.8. The van der Waals surface area contributed by atoms with E-state index in [2.05, 4.69) is 21.4 Å². The quantitative estimate of drug-likeness (QED) is 0.443. The molecule has 0 atom stereocenters. The average molecular weight is 535 g/mol. The monoisotopic (exact) mass is 534 g/mol. The molecule has 2 aliphatic rings. The molecule has 1 saturated heterocycles. The van der Waals surface area contributed by atoms with Crippen molar-refractivity contribution >= 4 is 28.9 Å². The fourth-order valence-corrected chi connectivity index (χ4v) is 5.35. The molecule has 206 valence electrons. The third-order valence-electron chi connectivity index (χ3n) is 7.66. The molecule has 3 aromatic rings. The summed E-state index contributed by atoms with van der Waals surface area (Å²) in [6.07, 6.45) is 0.608. The van der Waals surface area contributed by atoms with Gasteiger partial charge in [-0.2, -0.15) is 0 Å². The second-order valence-electron chi connectivity index (χ2n) is 10.2. The van der Waals surface area contributed by atoms with Gasteiger partial charge >= 0.3 is 6.09 Å². The molecule has 1 amide bonds. The Morgan fingerprint density at radius 3 is 2.59 bits per heavy atom. The standard InChI is InChI=1S/C29H34N4O6/c1-18-22(16-26-28(35)27-19(17-31(3)29(36)37)13-20(34)14-25(27)39-26)23-15-21(38-4)5-6-24(23)33(18)12-11-32-9-7-30(2)8-10-32/h5-6,13-16,34H,7-12,17H2,1-4H3,(H,36,37). The van der Waals surface area contributed by atoms with Crippen molar-refractivity contribution in [2.24, 2.45) is 0 Å². The molecule has 1 aromatic heterocycles. The number of allylic oxidation sites excluding steroid dienone is 1. The molecule has 10 nitrogen and oxygen atoms in total. The summed E-state index contributed by atoms with van der Waals surface area (Å²) in [5.41, 5.74) is 3.55. The summed E-state index contributed by atoms with van der Waals surface area (Å²) in [5, 5.41) is 20.5. The number of methoxy groups -OCH3 is 1. The van der Waals surface area contributed by atoms with E-state index in [1.54, 1.807) is 13.2 Å². The number of phenols is 1. The number of rotatable bonds is 7. The number of carbonyl (C=O) groups excluding carboxylic acids is 1. The minimum absolute atomic E-state index is 0.0593. The molecule has 3 heterocycles. The van der Waals surface area contributed by atoms with Crippen molar-refractivity contribution in [3.63, 3.8) is 0 Å². The summed E-state index contributed by atoms with van der Waals surface area (Å²) in [7, 11) is 5.18. The van der Waals surface area contributed by atoms with E-state index in [9.17, 15) is 19.8 Å². The van der Waals surface area contributed by atoms with Crippen LogP contribution in [0, 0.1) is 6.92 Å². The first-order valence-corrected chi connectivity index (χ1v) is 13.0. The maximum Gasteiger partial charge on any atom is 0.407 e. The average Bonchev–Trinajstić information content (AvgIpc) is 3.36. The van der Waals surface area contributed by atoms with Gasteiger partial charge in [0, 0.05) is 81.1 Å². The Morgan fingerprint density at radius 2 is 1.90 bits per heavy atom. The molecule has 1 fully saturated rings. The van der Waals surface area contributed by atoms with Gasteiger partial charge in [-0.25, -0.2) is 4.79 Å². The second kappa shape index (κ2) is 10.6. The highest BCUT2D eigenvalue weighted by atomic mass is 16.5. The van der Waals surface area contributed by atoms with Crippen molar-refractivity contribution in [1.29, 1.82) is 0 Å². The number of Topliss-reactive ketones (excluding diaryl/α,β-unsaturated/α-hetero) is 1. The summed E-state index contributed by atoms with van der Waals surface area (Å²) in [5.74, 6) is 0.606. The fraction of sp³-hybridized carbons (Fsp3) is 0.379. The van der Waals surface area contributed by atoms with Gasteiger partial charge in [-0.3, -0.25) is 9.69 Å². The van der Waals surface area contributed by atoms with E-state index in [-0.39, 0.29) is 35.1 Å². The van der Waals surface area contributed by atoms with Gasteiger partial charge in [0.1, 0.15) is 17.2 Å². The number of amides is 1. The third-order valence-corrected chi connectivity index (χ3v) is 7.66. The Bertz CT molecular complexity index is 1470. The number of ether oxygens (including phenoxy) is 2. The van der Waals surface area contributed by atoms with Crippen LogP contribution in [0.4, 0.5) is 4.79 Å². The van der Waals surface area contributed by atoms with Gasteiger partial charge in [0.15, 0.2) is 5.76 Å². The number of carbonyl (C=O) groups is 2. The predicted molar refractivity (Wildman–Crippen MR) is 148 cm³/mol. The molecule has 0 bridgehead atoms. The number of aromatic nitrogens is 1. The van der Waals surface area contributed by atoms with E-state index in [1.807, 2.05) is 25.1 Å². The summed E-state index contributed by atoms with van der Waals surface area (Å²) in [6, 6.07) is 8.73. The van der Waals surface area contributed by atoms with E-state index in [4.69, 9.17) is 9.47 Å². The summed E-state index contributed by atoms with van der Waals surface area (Å²) >= 11 is 0. The first kappa shape index (κ1) is 26.6. The number of benzene rings is 2. The van der Waals surface area contributed by atoms with Crippen LogP contribution < -0.4 is 9.47 Å². The molecule has 5 rings (SSSR count). The lowest BCUT2D eigenvalue weighted by Gasteiger charge is -2.32. The molecule has 39 heavy (non-hydrogen) atoms. The molecule has 2 aromatic carbocycles. The molecule has 2 N–H and O–H groups in total. The zero-order valence-electron chi connectivity index (χ0n) is 22.7. The lowest BCUT2D eigenvalue weighted by Crippen LogP contribution is -2.45. The van der Waals surface area contributed by atoms with Crippen LogP contribution in [0.5, 0.6) is 17.2 Å². The van der Waals surface area contributed by atoms with Gasteiger partial charge in [-0.15, -0.1) is 0 Å². The molecule has 0 radical (unpaired) electrons. The zero-order valence-corrected chi connectivity index (χ0v) is 22.7. The van der Waals surface area contributed by atoms with Gasteiger partial charge in [0.05, 0.1) is 12.7 Å². The number of piperazine rings is 1. The minimum atomic E-state index is -1.14. The van der Waals surface area contributed by atoms with Gasteiger partial charge in [-0.1, -0.05) is 0 Å². The molecule has 0 unspecified atom stereocenters. The highest BCUT2D eigenvalue weighted by molar-refractivity contribution is 6.16. The maximum atomic E-state index is 13.5. The van der Waals surface area contributed by atoms with Crippen LogP contribution in [0.2, 0.25) is 0 Å². The number of likely N-dealkylation sites (N-methyl/N-ethyl adjacent to an activating group) is 1. The van der Waals surface area contributed by atoms with Gasteiger partial charge in [0.2, 0.25) is 5.78 Å². The van der Waals surface area contributed by atoms with Crippen LogP contribution in [0.1, 0.15) is 27.2 Å². The number of carboxylic acid groups (broad SMARTS) is 1. The van der Waals surface area contributed by atoms with Crippen molar-refractivity contribution in [3.8, 4) is 17.2 Å². The molecular weight excluding hydrogens is 500 g/mol. The van der Waals surface area contributed by atoms with E-state index < -0.39 is 6.09 Å². The van der Waals surface area contributed by atoms with Crippen LogP contribution in [0.3, 0.4) is 0 Å². The van der Waals surface area contributed by atoms with E-state index >= 15 is 0 Å². The minimum Gasteiger partial charge on any atom is -0.508 e. The maximum absolute atomic E-state index is 13.5. The van der Waals surface area contributed by atoms with E-state index in [0.717, 1.165) is 66.3 Å². The first-order valence-electron chi connectivity index (χ1n) is 13.0. The number of hydrogen-bond acceptors (Lipinski definition) is 7. The van der Waals surface area contributed by atoms with Crippen LogP contribution in [0.15, 0.2) is 36.1 Å². The Kier molecular flexibility index (Phi) is 7.24. The molecule has 0 spiro atoms. The Labute approximate surface area is 227 Å². The Balaban J connectivity index is 1.51. The first-order chi connectivity index (χ1) is 18.7. The number of phenolic OH excluding ortho intramolecular Hbond substituents is 1. The number of nitrogens with zero attached hydrogens (tertiary/aromatic N) is 4. The summed E-state index contributed by atoms with van der Waals surface area (Å²) in [4.78, 5) is 30.8.